The summed E-state index contributed by atoms with van der Waals surface area (Å²) in [4.78, 5) is 23.7. The molecule has 0 radical (unpaired) electrons. The van der Waals surface area contributed by atoms with Crippen molar-refractivity contribution in [2.24, 2.45) is 23.5 Å². The van der Waals surface area contributed by atoms with E-state index in [1.807, 2.05) is 0 Å². The second-order valence-corrected chi connectivity index (χ2v) is 7.47. The molecule has 25 heavy (non-hydrogen) atoms. The van der Waals surface area contributed by atoms with Crippen LogP contribution in [-0.4, -0.2) is 17.9 Å². The number of rotatable bonds is 3. The second-order valence-electron chi connectivity index (χ2n) is 7.06. The van der Waals surface area contributed by atoms with Crippen molar-refractivity contribution in [3.05, 3.63) is 23.2 Å². The Labute approximate surface area is 159 Å². The van der Waals surface area contributed by atoms with Crippen molar-refractivity contribution in [3.63, 3.8) is 0 Å². The molecule has 1 aromatic rings. The average molecular weight is 386 g/mol. The van der Waals surface area contributed by atoms with E-state index >= 15 is 0 Å². The third kappa shape index (κ3) is 4.66. The summed E-state index contributed by atoms with van der Waals surface area (Å²) in [7, 11) is 0. The molecule has 2 aliphatic carbocycles. The topological polar surface area (TPSA) is 84.2 Å². The molecule has 7 heteroatoms. The first-order chi connectivity index (χ1) is 11.4. The van der Waals surface area contributed by atoms with Gasteiger partial charge in [-0.1, -0.05) is 18.0 Å². The van der Waals surface area contributed by atoms with Crippen molar-refractivity contribution in [3.8, 4) is 0 Å². The van der Waals surface area contributed by atoms with Gasteiger partial charge in [0.25, 0.3) is 0 Å². The highest BCUT2D eigenvalue weighted by Gasteiger charge is 2.40. The van der Waals surface area contributed by atoms with Crippen LogP contribution in [0.25, 0.3) is 0 Å². The Balaban J connectivity index is 0.00000225. The first-order valence-corrected chi connectivity index (χ1v) is 8.95. The van der Waals surface area contributed by atoms with Crippen LogP contribution in [0.15, 0.2) is 18.2 Å². The summed E-state index contributed by atoms with van der Waals surface area (Å²) in [6.45, 7) is 1.44. The summed E-state index contributed by atoms with van der Waals surface area (Å²) in [6, 6.07) is 5.35. The summed E-state index contributed by atoms with van der Waals surface area (Å²) < 4.78 is 0. The van der Waals surface area contributed by atoms with Gasteiger partial charge in [-0.05, 0) is 55.7 Å². The van der Waals surface area contributed by atoms with Gasteiger partial charge in [-0.2, -0.15) is 0 Å². The minimum Gasteiger partial charge on any atom is -0.327 e. The van der Waals surface area contributed by atoms with Crippen molar-refractivity contribution in [1.29, 1.82) is 0 Å². The first-order valence-electron chi connectivity index (χ1n) is 8.57. The van der Waals surface area contributed by atoms with Crippen molar-refractivity contribution in [2.45, 2.75) is 45.1 Å². The Hall–Kier alpha value is -1.30. The molecule has 2 fully saturated rings. The van der Waals surface area contributed by atoms with Gasteiger partial charge in [0, 0.05) is 24.6 Å². The maximum atomic E-state index is 12.6. The quantitative estimate of drug-likeness (QED) is 0.739. The number of halogens is 2. The van der Waals surface area contributed by atoms with Gasteiger partial charge in [-0.25, -0.2) is 0 Å². The van der Waals surface area contributed by atoms with Gasteiger partial charge in [-0.3, -0.25) is 9.59 Å². The Morgan fingerprint density at radius 1 is 1.16 bits per heavy atom. The lowest BCUT2D eigenvalue weighted by atomic mass is 9.65. The number of amides is 2. The number of fused-ring (bicyclic) bond motifs is 2. The van der Waals surface area contributed by atoms with E-state index in [1.54, 1.807) is 18.2 Å². The number of nitrogens with two attached hydrogens (primary N) is 1. The van der Waals surface area contributed by atoms with Gasteiger partial charge < -0.3 is 16.4 Å². The van der Waals surface area contributed by atoms with Crippen molar-refractivity contribution >= 4 is 47.2 Å². The molecular weight excluding hydrogens is 361 g/mol. The second kappa shape index (κ2) is 8.39. The Bertz CT molecular complexity index is 639. The molecule has 2 aliphatic rings. The number of hydrogen-bond donors (Lipinski definition) is 3. The van der Waals surface area contributed by atoms with E-state index in [-0.39, 0.29) is 36.2 Å². The summed E-state index contributed by atoms with van der Waals surface area (Å²) in [5.41, 5.74) is 7.49. The molecule has 3 rings (SSSR count). The van der Waals surface area contributed by atoms with Gasteiger partial charge >= 0.3 is 0 Å². The van der Waals surface area contributed by atoms with Crippen LogP contribution < -0.4 is 16.4 Å². The molecule has 138 valence electrons. The van der Waals surface area contributed by atoms with E-state index in [0.29, 0.717) is 28.2 Å². The van der Waals surface area contributed by atoms with Crippen molar-refractivity contribution in [1.82, 2.24) is 0 Å². The maximum Gasteiger partial charge on any atom is 0.227 e. The molecule has 0 spiro atoms. The monoisotopic (exact) mass is 385 g/mol. The highest BCUT2D eigenvalue weighted by Crippen LogP contribution is 2.42. The van der Waals surface area contributed by atoms with Crippen LogP contribution in [0.3, 0.4) is 0 Å². The molecule has 0 aromatic heterocycles. The van der Waals surface area contributed by atoms with Crippen LogP contribution in [-0.2, 0) is 9.59 Å². The number of benzene rings is 1. The fraction of sp³-hybridized carbons (Fsp3) is 0.556. The molecular formula is C18H25Cl2N3O2. The summed E-state index contributed by atoms with van der Waals surface area (Å²) >= 11 is 6.23. The molecule has 0 saturated heterocycles. The standard InChI is InChI=1S/C18H24ClN3O2.ClH/c1-10(23)21-14-5-6-16(15(19)9-14)22-18(24)13-7-11-3-2-4-12(8-13)17(11)20;/h5-6,9,11-13,17H,2-4,7-8,20H2,1H3,(H,21,23)(H,22,24);1H. The zero-order valence-electron chi connectivity index (χ0n) is 14.3. The fourth-order valence-electron chi connectivity index (χ4n) is 4.14. The Kier molecular flexibility index (Phi) is 6.72. The average Bonchev–Trinajstić information content (AvgIpc) is 2.49. The number of carbonyl (C=O) groups is 2. The predicted molar refractivity (Wildman–Crippen MR) is 103 cm³/mol. The van der Waals surface area contributed by atoms with Crippen LogP contribution in [0.4, 0.5) is 11.4 Å². The summed E-state index contributed by atoms with van der Waals surface area (Å²) in [5, 5.41) is 6.03. The van der Waals surface area contributed by atoms with E-state index in [1.165, 1.54) is 13.3 Å². The molecule has 0 aliphatic heterocycles. The minimum atomic E-state index is -0.159. The zero-order chi connectivity index (χ0) is 17.3. The SMILES string of the molecule is CC(=O)Nc1ccc(NC(=O)C2CC3CCCC(C2)C3N)c(Cl)c1.Cl. The fourth-order valence-corrected chi connectivity index (χ4v) is 4.36. The molecule has 5 nitrogen and oxygen atoms in total. The van der Waals surface area contributed by atoms with E-state index < -0.39 is 0 Å². The minimum absolute atomic E-state index is 0. The number of carbonyl (C=O) groups excluding carboxylic acids is 2. The van der Waals surface area contributed by atoms with Gasteiger partial charge in [0.2, 0.25) is 11.8 Å². The van der Waals surface area contributed by atoms with E-state index in [0.717, 1.165) is 25.7 Å². The first kappa shape index (κ1) is 20.0. The van der Waals surface area contributed by atoms with E-state index in [2.05, 4.69) is 10.6 Å². The van der Waals surface area contributed by atoms with Crippen molar-refractivity contribution in [2.75, 3.05) is 10.6 Å². The van der Waals surface area contributed by atoms with Crippen LogP contribution in [0.1, 0.15) is 39.0 Å². The maximum absolute atomic E-state index is 12.6. The molecule has 2 unspecified atom stereocenters. The molecule has 2 saturated carbocycles. The van der Waals surface area contributed by atoms with E-state index in [4.69, 9.17) is 17.3 Å². The normalized spacial score (nSPS) is 27.8. The summed E-state index contributed by atoms with van der Waals surface area (Å²) in [5.74, 6) is 0.795. The molecule has 1 aromatic carbocycles. The van der Waals surface area contributed by atoms with Gasteiger partial charge in [0.15, 0.2) is 0 Å². The number of nitrogens with one attached hydrogen (secondary N) is 2. The zero-order valence-corrected chi connectivity index (χ0v) is 15.8. The molecule has 2 bridgehead atoms. The van der Waals surface area contributed by atoms with Gasteiger partial charge in [-0.15, -0.1) is 12.4 Å². The predicted octanol–water partition coefficient (Wildman–Crippen LogP) is 3.81. The van der Waals surface area contributed by atoms with Crippen molar-refractivity contribution < 1.29 is 9.59 Å². The number of anilines is 2. The van der Waals surface area contributed by atoms with Crippen LogP contribution in [0.5, 0.6) is 0 Å². The highest BCUT2D eigenvalue weighted by atomic mass is 35.5. The third-order valence-electron chi connectivity index (χ3n) is 5.33. The lowest BCUT2D eigenvalue weighted by Gasteiger charge is -2.43. The van der Waals surface area contributed by atoms with E-state index in [9.17, 15) is 9.59 Å². The molecule has 0 heterocycles. The smallest absolute Gasteiger partial charge is 0.227 e. The lowest BCUT2D eigenvalue weighted by Crippen LogP contribution is -2.48. The molecule has 2 atom stereocenters. The number of hydrogen-bond acceptors (Lipinski definition) is 3. The molecule has 4 N–H and O–H groups in total. The largest absolute Gasteiger partial charge is 0.327 e. The van der Waals surface area contributed by atoms with Crippen LogP contribution in [0.2, 0.25) is 5.02 Å². The third-order valence-corrected chi connectivity index (χ3v) is 5.64. The lowest BCUT2D eigenvalue weighted by molar-refractivity contribution is -0.122. The Morgan fingerprint density at radius 2 is 1.80 bits per heavy atom. The van der Waals surface area contributed by atoms with Crippen LogP contribution >= 0.6 is 24.0 Å². The highest BCUT2D eigenvalue weighted by molar-refractivity contribution is 6.34. The Morgan fingerprint density at radius 3 is 2.36 bits per heavy atom. The van der Waals surface area contributed by atoms with Crippen LogP contribution in [0, 0.1) is 17.8 Å². The molecule has 2 amide bonds. The van der Waals surface area contributed by atoms with Gasteiger partial charge in [0.05, 0.1) is 10.7 Å². The van der Waals surface area contributed by atoms with Gasteiger partial charge in [0.1, 0.15) is 0 Å². The summed E-state index contributed by atoms with van der Waals surface area (Å²) in [6.07, 6.45) is 5.23.